The molecule has 158 valence electrons. The summed E-state index contributed by atoms with van der Waals surface area (Å²) in [6, 6.07) is 15.8. The molecule has 3 rings (SSSR count). The van der Waals surface area contributed by atoms with Gasteiger partial charge in [-0.2, -0.15) is 0 Å². The molecule has 2 aromatic carbocycles. The van der Waals surface area contributed by atoms with E-state index in [0.717, 1.165) is 55.1 Å². The lowest BCUT2D eigenvalue weighted by Gasteiger charge is -2.36. The molecule has 1 unspecified atom stereocenters. The lowest BCUT2D eigenvalue weighted by molar-refractivity contribution is -0.138. The van der Waals surface area contributed by atoms with Crippen LogP contribution in [0.4, 0.5) is 0 Å². The molecule has 5 heteroatoms. The Morgan fingerprint density at radius 3 is 2.07 bits per heavy atom. The van der Waals surface area contributed by atoms with Crippen LogP contribution < -0.4 is 5.73 Å². The van der Waals surface area contributed by atoms with Crippen LogP contribution in [0.3, 0.4) is 0 Å². The zero-order valence-corrected chi connectivity index (χ0v) is 17.6. The van der Waals surface area contributed by atoms with Gasteiger partial charge >= 0.3 is 5.97 Å². The van der Waals surface area contributed by atoms with Crippen LogP contribution in [0.25, 0.3) is 11.1 Å². The first-order valence-corrected chi connectivity index (χ1v) is 10.4. The van der Waals surface area contributed by atoms with Gasteiger partial charge in [-0.15, -0.1) is 0 Å². The fourth-order valence-corrected chi connectivity index (χ4v) is 3.73. The second kappa shape index (κ2) is 10.2. The summed E-state index contributed by atoms with van der Waals surface area (Å²) in [6.07, 6.45) is 4.44. The molecule has 0 aliphatic carbocycles. The highest BCUT2D eigenvalue weighted by Crippen LogP contribution is 2.22. The van der Waals surface area contributed by atoms with Crippen molar-refractivity contribution in [2.45, 2.75) is 25.9 Å². The maximum atomic E-state index is 10.9. The Balaban J connectivity index is 1.54. The molecule has 0 amide bonds. The highest BCUT2D eigenvalue weighted by Gasteiger charge is 2.17. The molecule has 0 saturated carbocycles. The Hall–Kier alpha value is -2.89. The Morgan fingerprint density at radius 1 is 1.03 bits per heavy atom. The summed E-state index contributed by atoms with van der Waals surface area (Å²) >= 11 is 0. The molecule has 2 aromatic rings. The number of nitrogens with two attached hydrogens (primary N) is 1. The minimum absolute atomic E-state index is 0.337. The first kappa shape index (κ1) is 21.8. The maximum absolute atomic E-state index is 10.9. The normalized spacial score (nSPS) is 16.0. The highest BCUT2D eigenvalue weighted by molar-refractivity contribution is 5.73. The summed E-state index contributed by atoms with van der Waals surface area (Å²) < 4.78 is 0. The number of hydrogen-bond donors (Lipinski definition) is 2. The first-order valence-electron chi connectivity index (χ1n) is 10.4. The molecule has 5 nitrogen and oxygen atoms in total. The summed E-state index contributed by atoms with van der Waals surface area (Å²) in [5.41, 5.74) is 11.2. The van der Waals surface area contributed by atoms with Gasteiger partial charge in [-0.1, -0.05) is 61.2 Å². The number of hydrogen-bond acceptors (Lipinski definition) is 4. The third kappa shape index (κ3) is 5.81. The van der Waals surface area contributed by atoms with E-state index >= 15 is 0 Å². The molecule has 0 spiro atoms. The Kier molecular flexibility index (Phi) is 7.44. The van der Waals surface area contributed by atoms with Gasteiger partial charge in [-0.05, 0) is 41.7 Å². The molecule has 0 radical (unpaired) electrons. The van der Waals surface area contributed by atoms with Crippen molar-refractivity contribution in [3.05, 3.63) is 84.1 Å². The van der Waals surface area contributed by atoms with Crippen molar-refractivity contribution in [3.63, 3.8) is 0 Å². The van der Waals surface area contributed by atoms with Crippen LogP contribution in [0.15, 0.2) is 73.0 Å². The van der Waals surface area contributed by atoms with E-state index in [-0.39, 0.29) is 0 Å². The number of carbonyl (C=O) groups is 1. The second-order valence-electron chi connectivity index (χ2n) is 7.80. The summed E-state index contributed by atoms with van der Waals surface area (Å²) in [5, 5.41) is 8.94. The number of piperazine rings is 1. The molecule has 1 aliphatic rings. The van der Waals surface area contributed by atoms with E-state index in [9.17, 15) is 4.79 Å². The summed E-state index contributed by atoms with van der Waals surface area (Å²) in [6.45, 7) is 11.2. The summed E-state index contributed by atoms with van der Waals surface area (Å²) in [4.78, 5) is 15.7. The quantitative estimate of drug-likeness (QED) is 0.658. The molecule has 3 N–H and O–H groups in total. The summed E-state index contributed by atoms with van der Waals surface area (Å²) in [5.74, 6) is -0.973. The number of aliphatic carboxylic acids is 1. The number of benzene rings is 2. The van der Waals surface area contributed by atoms with E-state index < -0.39 is 12.0 Å². The third-order valence-corrected chi connectivity index (χ3v) is 5.56. The fraction of sp³-hybridized carbons (Fsp3) is 0.320. The number of rotatable bonds is 8. The van der Waals surface area contributed by atoms with E-state index in [4.69, 9.17) is 10.8 Å². The number of carboxylic acid groups (broad SMARTS) is 1. The zero-order chi connectivity index (χ0) is 21.5. The maximum Gasteiger partial charge on any atom is 0.320 e. The van der Waals surface area contributed by atoms with Crippen LogP contribution in [0.1, 0.15) is 18.1 Å². The van der Waals surface area contributed by atoms with Gasteiger partial charge in [0.15, 0.2) is 0 Å². The second-order valence-corrected chi connectivity index (χ2v) is 7.80. The minimum atomic E-state index is -0.973. The van der Waals surface area contributed by atoms with Crippen molar-refractivity contribution < 1.29 is 9.90 Å². The largest absolute Gasteiger partial charge is 0.480 e. The van der Waals surface area contributed by atoms with Crippen molar-refractivity contribution in [2.24, 2.45) is 5.73 Å². The molecule has 1 heterocycles. The van der Waals surface area contributed by atoms with Gasteiger partial charge in [0.25, 0.3) is 0 Å². The van der Waals surface area contributed by atoms with E-state index in [1.54, 1.807) is 0 Å². The molecule has 1 atom stereocenters. The van der Waals surface area contributed by atoms with Crippen LogP contribution in [-0.2, 0) is 17.8 Å². The van der Waals surface area contributed by atoms with Gasteiger partial charge in [0.1, 0.15) is 6.04 Å². The summed E-state index contributed by atoms with van der Waals surface area (Å²) in [7, 11) is 0. The van der Waals surface area contributed by atoms with Crippen molar-refractivity contribution >= 4 is 5.97 Å². The number of carboxylic acids is 1. The minimum Gasteiger partial charge on any atom is -0.480 e. The van der Waals surface area contributed by atoms with Gasteiger partial charge in [0.05, 0.1) is 0 Å². The molecular weight excluding hydrogens is 374 g/mol. The SMILES string of the molecule is C=C(/C=C/C)N1CCN(Cc2ccc(-c3ccc(CC(N)C(=O)O)cc3)cc2)CC1. The third-order valence-electron chi connectivity index (χ3n) is 5.56. The van der Waals surface area contributed by atoms with Gasteiger partial charge in [-0.3, -0.25) is 9.69 Å². The Labute approximate surface area is 179 Å². The van der Waals surface area contributed by atoms with Crippen molar-refractivity contribution in [3.8, 4) is 11.1 Å². The lowest BCUT2D eigenvalue weighted by Crippen LogP contribution is -2.44. The average Bonchev–Trinajstić information content (AvgIpc) is 2.75. The highest BCUT2D eigenvalue weighted by atomic mass is 16.4. The van der Waals surface area contributed by atoms with Crippen molar-refractivity contribution in [2.75, 3.05) is 26.2 Å². The Morgan fingerprint density at radius 2 is 1.57 bits per heavy atom. The zero-order valence-electron chi connectivity index (χ0n) is 17.6. The van der Waals surface area contributed by atoms with Gasteiger partial charge in [0, 0.05) is 38.4 Å². The van der Waals surface area contributed by atoms with Crippen LogP contribution in [-0.4, -0.2) is 53.1 Å². The fourth-order valence-electron chi connectivity index (χ4n) is 3.73. The van der Waals surface area contributed by atoms with Gasteiger partial charge < -0.3 is 15.7 Å². The standard InChI is InChI=1S/C25H31N3O2/c1-3-4-19(2)28-15-13-27(14-16-28)18-21-7-11-23(12-8-21)22-9-5-20(6-10-22)17-24(26)25(29)30/h3-12,24H,2,13-18,26H2,1H3,(H,29,30)/b4-3+. The monoisotopic (exact) mass is 405 g/mol. The average molecular weight is 406 g/mol. The molecule has 1 fully saturated rings. The predicted molar refractivity (Wildman–Crippen MR) is 122 cm³/mol. The topological polar surface area (TPSA) is 69.8 Å². The van der Waals surface area contributed by atoms with Crippen LogP contribution in [0.5, 0.6) is 0 Å². The predicted octanol–water partition coefficient (Wildman–Crippen LogP) is 3.52. The van der Waals surface area contributed by atoms with Gasteiger partial charge in [0.2, 0.25) is 0 Å². The first-order chi connectivity index (χ1) is 14.5. The lowest BCUT2D eigenvalue weighted by atomic mass is 10.00. The van der Waals surface area contributed by atoms with Crippen molar-refractivity contribution in [1.82, 2.24) is 9.80 Å². The molecule has 1 aliphatic heterocycles. The molecule has 0 bridgehead atoms. The van der Waals surface area contributed by atoms with Gasteiger partial charge in [-0.25, -0.2) is 0 Å². The van der Waals surface area contributed by atoms with Crippen LogP contribution in [0, 0.1) is 0 Å². The number of allylic oxidation sites excluding steroid dienone is 2. The van der Waals surface area contributed by atoms with Crippen LogP contribution in [0.2, 0.25) is 0 Å². The van der Waals surface area contributed by atoms with E-state index in [2.05, 4.69) is 46.7 Å². The molecule has 0 aromatic heterocycles. The van der Waals surface area contributed by atoms with E-state index in [0.29, 0.717) is 6.42 Å². The molecule has 30 heavy (non-hydrogen) atoms. The smallest absolute Gasteiger partial charge is 0.320 e. The molecule has 1 saturated heterocycles. The van der Waals surface area contributed by atoms with E-state index in [1.807, 2.05) is 37.3 Å². The molecular formula is C25H31N3O2. The number of nitrogens with zero attached hydrogens (tertiary/aromatic N) is 2. The Bertz CT molecular complexity index is 880. The van der Waals surface area contributed by atoms with E-state index in [1.165, 1.54) is 5.56 Å². The van der Waals surface area contributed by atoms with Crippen molar-refractivity contribution in [1.29, 1.82) is 0 Å². The van der Waals surface area contributed by atoms with Crippen LogP contribution >= 0.6 is 0 Å².